The molecule has 2 amide bonds. The van der Waals surface area contributed by atoms with Crippen molar-refractivity contribution in [3.8, 4) is 0 Å². The summed E-state index contributed by atoms with van der Waals surface area (Å²) in [4.78, 5) is 20.1. The van der Waals surface area contributed by atoms with Crippen LogP contribution in [0.15, 0.2) is 42.7 Å². The molecule has 0 radical (unpaired) electrons. The minimum absolute atomic E-state index is 0.325. The largest absolute Gasteiger partial charge is 0.325 e. The van der Waals surface area contributed by atoms with Crippen LogP contribution in [-0.4, -0.2) is 16.0 Å². The molecule has 0 aliphatic carbocycles. The Balaban J connectivity index is 1.74. The molecule has 0 saturated carbocycles. The van der Waals surface area contributed by atoms with Crippen LogP contribution in [0.2, 0.25) is 0 Å². The summed E-state index contributed by atoms with van der Waals surface area (Å²) in [5.41, 5.74) is 2.70. The minimum Gasteiger partial charge on any atom is -0.306 e. The van der Waals surface area contributed by atoms with E-state index in [1.54, 1.807) is 24.5 Å². The van der Waals surface area contributed by atoms with E-state index in [1.165, 1.54) is 16.9 Å². The summed E-state index contributed by atoms with van der Waals surface area (Å²) in [7, 11) is 0. The number of carbonyl (C=O) groups excluding carboxylic acids is 1. The molecule has 0 aliphatic heterocycles. The average molecular weight is 284 g/mol. The van der Waals surface area contributed by atoms with Gasteiger partial charge in [0.2, 0.25) is 0 Å². The molecule has 0 atom stereocenters. The Kier molecular flexibility index (Phi) is 3.30. The lowest BCUT2D eigenvalue weighted by molar-refractivity contribution is 0.262. The standard InChI is InChI=1S/C14H12N4OS/c1-9-4-5-11-12(7-9)20-14(17-11)18-13(19)16-10-3-2-6-15-8-10/h2-8H,1H3,(H2,16,17,18,19). The number of aromatic nitrogens is 2. The molecule has 1 aromatic carbocycles. The fraction of sp³-hybridized carbons (Fsp3) is 0.0714. The first-order valence-corrected chi connectivity index (χ1v) is 6.87. The first-order chi connectivity index (χ1) is 9.70. The number of nitrogens with one attached hydrogen (secondary N) is 2. The zero-order valence-corrected chi connectivity index (χ0v) is 11.6. The van der Waals surface area contributed by atoms with Gasteiger partial charge in [0.05, 0.1) is 22.1 Å². The Bertz CT molecular complexity index is 754. The average Bonchev–Trinajstić information content (AvgIpc) is 2.80. The second-order valence-corrected chi connectivity index (χ2v) is 5.34. The van der Waals surface area contributed by atoms with Crippen LogP contribution in [0.5, 0.6) is 0 Å². The summed E-state index contributed by atoms with van der Waals surface area (Å²) in [6.45, 7) is 2.03. The van der Waals surface area contributed by atoms with Gasteiger partial charge in [0.1, 0.15) is 0 Å². The van der Waals surface area contributed by atoms with Crippen molar-refractivity contribution in [3.63, 3.8) is 0 Å². The van der Waals surface area contributed by atoms with Crippen molar-refractivity contribution in [1.82, 2.24) is 9.97 Å². The number of hydrogen-bond acceptors (Lipinski definition) is 4. The Labute approximate surface area is 119 Å². The second-order valence-electron chi connectivity index (χ2n) is 4.31. The van der Waals surface area contributed by atoms with Gasteiger partial charge in [0.15, 0.2) is 5.13 Å². The van der Waals surface area contributed by atoms with Crippen LogP contribution in [-0.2, 0) is 0 Å². The number of pyridine rings is 1. The molecule has 0 bridgehead atoms. The molecule has 20 heavy (non-hydrogen) atoms. The van der Waals surface area contributed by atoms with E-state index in [1.807, 2.05) is 19.1 Å². The van der Waals surface area contributed by atoms with E-state index in [4.69, 9.17) is 0 Å². The number of fused-ring (bicyclic) bond motifs is 1. The number of hydrogen-bond donors (Lipinski definition) is 2. The maximum Gasteiger partial charge on any atom is 0.325 e. The van der Waals surface area contributed by atoms with E-state index >= 15 is 0 Å². The van der Waals surface area contributed by atoms with Gasteiger partial charge in [0, 0.05) is 6.20 Å². The number of rotatable bonds is 2. The lowest BCUT2D eigenvalue weighted by Crippen LogP contribution is -2.19. The van der Waals surface area contributed by atoms with E-state index in [9.17, 15) is 4.79 Å². The van der Waals surface area contributed by atoms with Crippen LogP contribution in [0.4, 0.5) is 15.6 Å². The molecule has 2 N–H and O–H groups in total. The zero-order valence-electron chi connectivity index (χ0n) is 10.8. The number of anilines is 2. The maximum absolute atomic E-state index is 11.8. The molecule has 6 heteroatoms. The van der Waals surface area contributed by atoms with Crippen LogP contribution < -0.4 is 10.6 Å². The van der Waals surface area contributed by atoms with Crippen molar-refractivity contribution in [3.05, 3.63) is 48.3 Å². The zero-order chi connectivity index (χ0) is 13.9. The highest BCUT2D eigenvalue weighted by atomic mass is 32.1. The summed E-state index contributed by atoms with van der Waals surface area (Å²) in [6, 6.07) is 9.21. The predicted octanol–water partition coefficient (Wildman–Crippen LogP) is 3.64. The molecule has 2 aromatic heterocycles. The van der Waals surface area contributed by atoms with Crippen LogP contribution >= 0.6 is 11.3 Å². The van der Waals surface area contributed by atoms with Crippen molar-refractivity contribution >= 4 is 38.4 Å². The topological polar surface area (TPSA) is 66.9 Å². The Hall–Kier alpha value is -2.47. The van der Waals surface area contributed by atoms with E-state index in [2.05, 4.69) is 26.7 Å². The van der Waals surface area contributed by atoms with Crippen molar-refractivity contribution in [1.29, 1.82) is 0 Å². The number of urea groups is 1. The highest BCUT2D eigenvalue weighted by molar-refractivity contribution is 7.22. The summed E-state index contributed by atoms with van der Waals surface area (Å²) >= 11 is 1.45. The van der Waals surface area contributed by atoms with Gasteiger partial charge in [-0.05, 0) is 36.8 Å². The van der Waals surface area contributed by atoms with Crippen LogP contribution in [0.1, 0.15) is 5.56 Å². The van der Waals surface area contributed by atoms with Gasteiger partial charge >= 0.3 is 6.03 Å². The van der Waals surface area contributed by atoms with E-state index < -0.39 is 0 Å². The molecule has 0 fully saturated rings. The number of thiazole rings is 1. The number of nitrogens with zero attached hydrogens (tertiary/aromatic N) is 2. The molecular formula is C14H12N4OS. The van der Waals surface area contributed by atoms with E-state index in [0.29, 0.717) is 10.8 Å². The van der Waals surface area contributed by atoms with Crippen LogP contribution in [0, 0.1) is 6.92 Å². The number of amides is 2. The third-order valence-electron chi connectivity index (χ3n) is 2.68. The van der Waals surface area contributed by atoms with Gasteiger partial charge < -0.3 is 5.32 Å². The number of carbonyl (C=O) groups is 1. The molecule has 3 rings (SSSR count). The van der Waals surface area contributed by atoms with Gasteiger partial charge in [-0.1, -0.05) is 17.4 Å². The first kappa shape index (κ1) is 12.6. The molecule has 3 aromatic rings. The molecule has 100 valence electrons. The Morgan fingerprint density at radius 2 is 2.15 bits per heavy atom. The fourth-order valence-corrected chi connectivity index (χ4v) is 2.74. The smallest absolute Gasteiger partial charge is 0.306 e. The predicted molar refractivity (Wildman–Crippen MR) is 81.2 cm³/mol. The molecule has 0 aliphatic rings. The van der Waals surface area contributed by atoms with Gasteiger partial charge in [-0.25, -0.2) is 9.78 Å². The SMILES string of the molecule is Cc1ccc2nc(NC(=O)Nc3cccnc3)sc2c1. The third-order valence-corrected chi connectivity index (χ3v) is 3.62. The normalized spacial score (nSPS) is 10.4. The highest BCUT2D eigenvalue weighted by Crippen LogP contribution is 2.26. The van der Waals surface area contributed by atoms with Crippen molar-refractivity contribution < 1.29 is 4.79 Å². The number of aryl methyl sites for hydroxylation is 1. The molecule has 0 unspecified atom stereocenters. The fourth-order valence-electron chi connectivity index (χ4n) is 1.78. The second kappa shape index (κ2) is 5.26. The van der Waals surface area contributed by atoms with Gasteiger partial charge in [-0.3, -0.25) is 10.3 Å². The number of benzene rings is 1. The molecule has 0 saturated heterocycles. The summed E-state index contributed by atoms with van der Waals surface area (Å²) in [5, 5.41) is 6.01. The van der Waals surface area contributed by atoms with Crippen LogP contribution in [0.25, 0.3) is 10.2 Å². The lowest BCUT2D eigenvalue weighted by Gasteiger charge is -2.03. The summed E-state index contributed by atoms with van der Waals surface area (Å²) in [6.07, 6.45) is 3.24. The van der Waals surface area contributed by atoms with Gasteiger partial charge in [0.25, 0.3) is 0 Å². The quantitative estimate of drug-likeness (QED) is 0.755. The molecular weight excluding hydrogens is 272 g/mol. The molecule has 5 nitrogen and oxygen atoms in total. The first-order valence-electron chi connectivity index (χ1n) is 6.06. The third kappa shape index (κ3) is 2.75. The van der Waals surface area contributed by atoms with Gasteiger partial charge in [-0.15, -0.1) is 0 Å². The van der Waals surface area contributed by atoms with Crippen molar-refractivity contribution in [2.45, 2.75) is 6.92 Å². The van der Waals surface area contributed by atoms with Crippen LogP contribution in [0.3, 0.4) is 0 Å². The maximum atomic E-state index is 11.8. The minimum atomic E-state index is -0.325. The summed E-state index contributed by atoms with van der Waals surface area (Å²) < 4.78 is 1.06. The summed E-state index contributed by atoms with van der Waals surface area (Å²) in [5.74, 6) is 0. The Morgan fingerprint density at radius 3 is 2.95 bits per heavy atom. The highest BCUT2D eigenvalue weighted by Gasteiger charge is 2.07. The van der Waals surface area contributed by atoms with Crippen molar-refractivity contribution in [2.24, 2.45) is 0 Å². The molecule has 0 spiro atoms. The lowest BCUT2D eigenvalue weighted by atomic mass is 10.2. The Morgan fingerprint density at radius 1 is 1.25 bits per heavy atom. The molecule has 2 heterocycles. The van der Waals surface area contributed by atoms with Gasteiger partial charge in [-0.2, -0.15) is 0 Å². The van der Waals surface area contributed by atoms with E-state index in [-0.39, 0.29) is 6.03 Å². The van der Waals surface area contributed by atoms with E-state index in [0.717, 1.165) is 10.2 Å². The van der Waals surface area contributed by atoms with Crippen molar-refractivity contribution in [2.75, 3.05) is 10.6 Å². The monoisotopic (exact) mass is 284 g/mol.